The van der Waals surface area contributed by atoms with Crippen molar-refractivity contribution in [1.29, 1.82) is 0 Å². The minimum Gasteiger partial charge on any atom is -0.346 e. The van der Waals surface area contributed by atoms with E-state index >= 15 is 0 Å². The first-order valence-corrected chi connectivity index (χ1v) is 10.0. The van der Waals surface area contributed by atoms with Crippen LogP contribution in [0.25, 0.3) is 0 Å². The molecule has 0 radical (unpaired) electrons. The molecule has 1 aromatic carbocycles. The van der Waals surface area contributed by atoms with Gasteiger partial charge < -0.3 is 4.90 Å². The second-order valence-electron chi connectivity index (χ2n) is 6.21. The quantitative estimate of drug-likeness (QED) is 0.636. The van der Waals surface area contributed by atoms with E-state index in [9.17, 15) is 0 Å². The lowest BCUT2D eigenvalue weighted by atomic mass is 10.2. The van der Waals surface area contributed by atoms with Crippen molar-refractivity contribution < 1.29 is 0 Å². The van der Waals surface area contributed by atoms with E-state index in [1.165, 1.54) is 10.4 Å². The van der Waals surface area contributed by atoms with Crippen molar-refractivity contribution in [3.63, 3.8) is 0 Å². The minimum atomic E-state index is 0.775. The summed E-state index contributed by atoms with van der Waals surface area (Å²) in [5.41, 5.74) is 1.39. The normalized spacial score (nSPS) is 15.6. The van der Waals surface area contributed by atoms with Crippen molar-refractivity contribution in [2.45, 2.75) is 13.1 Å². The summed E-state index contributed by atoms with van der Waals surface area (Å²) in [4.78, 5) is 10.8. The Hall–Kier alpha value is -1.70. The highest BCUT2D eigenvalue weighted by Crippen LogP contribution is 2.24. The molecule has 0 saturated carbocycles. The van der Waals surface area contributed by atoms with Crippen molar-refractivity contribution >= 4 is 32.4 Å². The van der Waals surface area contributed by atoms with Gasteiger partial charge in [-0.1, -0.05) is 41.7 Å². The molecule has 25 heavy (non-hydrogen) atoms. The second kappa shape index (κ2) is 7.68. The number of benzene rings is 1. The summed E-state index contributed by atoms with van der Waals surface area (Å²) in [6.45, 7) is 6.04. The molecule has 3 heterocycles. The Balaban J connectivity index is 1.32. The van der Waals surface area contributed by atoms with Crippen LogP contribution in [0.15, 0.2) is 53.4 Å². The van der Waals surface area contributed by atoms with Crippen LogP contribution in [0.4, 0.5) is 5.13 Å². The highest BCUT2D eigenvalue weighted by Gasteiger charge is 2.19. The molecule has 0 aliphatic carbocycles. The van der Waals surface area contributed by atoms with Gasteiger partial charge in [0.25, 0.3) is 0 Å². The Morgan fingerprint density at radius 2 is 1.80 bits per heavy atom. The molecule has 3 aromatic rings. The van der Waals surface area contributed by atoms with Crippen molar-refractivity contribution in [1.82, 2.24) is 19.7 Å². The topological polar surface area (TPSA) is 37.2 Å². The SMILES string of the molecule is Brc1cnn(Cc2cnc(N3CCN(Cc4ccccc4)CC3)s2)c1. The molecule has 0 spiro atoms. The highest BCUT2D eigenvalue weighted by molar-refractivity contribution is 9.10. The zero-order valence-electron chi connectivity index (χ0n) is 13.9. The third-order valence-electron chi connectivity index (χ3n) is 4.35. The van der Waals surface area contributed by atoms with Crippen LogP contribution in [-0.2, 0) is 13.1 Å². The number of piperazine rings is 1. The number of hydrogen-bond acceptors (Lipinski definition) is 5. The fourth-order valence-electron chi connectivity index (χ4n) is 3.04. The zero-order valence-corrected chi connectivity index (χ0v) is 16.3. The molecule has 5 nitrogen and oxygen atoms in total. The number of anilines is 1. The van der Waals surface area contributed by atoms with Gasteiger partial charge >= 0.3 is 0 Å². The van der Waals surface area contributed by atoms with Gasteiger partial charge in [-0.25, -0.2) is 4.98 Å². The molecule has 1 aliphatic heterocycles. The lowest BCUT2D eigenvalue weighted by Gasteiger charge is -2.34. The molecule has 0 atom stereocenters. The number of hydrogen-bond donors (Lipinski definition) is 0. The van der Waals surface area contributed by atoms with Crippen LogP contribution in [-0.4, -0.2) is 45.8 Å². The van der Waals surface area contributed by atoms with E-state index in [0.717, 1.165) is 48.9 Å². The van der Waals surface area contributed by atoms with Crippen LogP contribution in [0, 0.1) is 0 Å². The van der Waals surface area contributed by atoms with E-state index in [2.05, 4.69) is 66.1 Å². The first kappa shape index (κ1) is 16.8. The summed E-state index contributed by atoms with van der Waals surface area (Å²) in [5, 5.41) is 5.44. The fraction of sp³-hybridized carbons (Fsp3) is 0.333. The minimum absolute atomic E-state index is 0.775. The number of nitrogens with zero attached hydrogens (tertiary/aromatic N) is 5. The van der Waals surface area contributed by atoms with Gasteiger partial charge in [0.15, 0.2) is 5.13 Å². The second-order valence-corrected chi connectivity index (χ2v) is 8.22. The molecule has 0 unspecified atom stereocenters. The monoisotopic (exact) mass is 417 g/mol. The summed E-state index contributed by atoms with van der Waals surface area (Å²) in [5.74, 6) is 0. The van der Waals surface area contributed by atoms with Crippen molar-refractivity contribution in [3.05, 3.63) is 63.8 Å². The van der Waals surface area contributed by atoms with E-state index in [-0.39, 0.29) is 0 Å². The molecule has 0 N–H and O–H groups in total. The predicted molar refractivity (Wildman–Crippen MR) is 105 cm³/mol. The van der Waals surface area contributed by atoms with E-state index < -0.39 is 0 Å². The van der Waals surface area contributed by atoms with Crippen LogP contribution in [0.1, 0.15) is 10.4 Å². The maximum Gasteiger partial charge on any atom is 0.185 e. The first-order chi connectivity index (χ1) is 12.3. The summed E-state index contributed by atoms with van der Waals surface area (Å²) in [6, 6.07) is 10.7. The smallest absolute Gasteiger partial charge is 0.185 e. The number of halogens is 1. The van der Waals surface area contributed by atoms with Gasteiger partial charge in [-0.2, -0.15) is 5.10 Å². The third-order valence-corrected chi connectivity index (χ3v) is 5.81. The average Bonchev–Trinajstić information content (AvgIpc) is 3.26. The summed E-state index contributed by atoms with van der Waals surface area (Å²) >= 11 is 5.20. The van der Waals surface area contributed by atoms with Gasteiger partial charge in [-0.15, -0.1) is 0 Å². The molecule has 2 aromatic heterocycles. The summed E-state index contributed by atoms with van der Waals surface area (Å²) in [7, 11) is 0. The van der Waals surface area contributed by atoms with Crippen molar-refractivity contribution in [2.75, 3.05) is 31.1 Å². The molecule has 4 rings (SSSR count). The molecular weight excluding hydrogens is 398 g/mol. The van der Waals surface area contributed by atoms with Crippen LogP contribution in [0.5, 0.6) is 0 Å². The number of aromatic nitrogens is 3. The van der Waals surface area contributed by atoms with Gasteiger partial charge in [0, 0.05) is 50.0 Å². The van der Waals surface area contributed by atoms with Crippen LogP contribution in [0.2, 0.25) is 0 Å². The van der Waals surface area contributed by atoms with E-state index in [4.69, 9.17) is 0 Å². The first-order valence-electron chi connectivity index (χ1n) is 8.40. The maximum absolute atomic E-state index is 4.62. The molecule has 0 amide bonds. The van der Waals surface area contributed by atoms with Crippen LogP contribution in [0.3, 0.4) is 0 Å². The molecular formula is C18H20BrN5S. The third kappa shape index (κ3) is 4.29. The molecule has 130 valence electrons. The Bertz CT molecular complexity index is 808. The van der Waals surface area contributed by atoms with E-state index in [1.807, 2.05) is 23.3 Å². The predicted octanol–water partition coefficient (Wildman–Crippen LogP) is 3.47. The van der Waals surface area contributed by atoms with Crippen LogP contribution >= 0.6 is 27.3 Å². The van der Waals surface area contributed by atoms with E-state index in [0.29, 0.717) is 0 Å². The lowest BCUT2D eigenvalue weighted by Crippen LogP contribution is -2.45. The number of thiazole rings is 1. The lowest BCUT2D eigenvalue weighted by molar-refractivity contribution is 0.250. The maximum atomic E-state index is 4.62. The van der Waals surface area contributed by atoms with Gasteiger partial charge in [0.05, 0.1) is 17.2 Å². The van der Waals surface area contributed by atoms with E-state index in [1.54, 1.807) is 11.3 Å². The molecule has 1 fully saturated rings. The standard InChI is InChI=1S/C18H20BrN5S/c19-16-10-21-24(13-16)14-17-11-20-18(25-17)23-8-6-22(7-9-23)12-15-4-2-1-3-5-15/h1-5,10-11,13H,6-9,12,14H2. The molecule has 1 aliphatic rings. The summed E-state index contributed by atoms with van der Waals surface area (Å²) < 4.78 is 2.94. The van der Waals surface area contributed by atoms with Crippen molar-refractivity contribution in [3.8, 4) is 0 Å². The Morgan fingerprint density at radius 3 is 2.52 bits per heavy atom. The summed E-state index contributed by atoms with van der Waals surface area (Å²) in [6.07, 6.45) is 5.78. The zero-order chi connectivity index (χ0) is 17.1. The van der Waals surface area contributed by atoms with Crippen molar-refractivity contribution in [2.24, 2.45) is 0 Å². The highest BCUT2D eigenvalue weighted by atomic mass is 79.9. The van der Waals surface area contributed by atoms with Gasteiger partial charge in [0.2, 0.25) is 0 Å². The fourth-order valence-corrected chi connectivity index (χ4v) is 4.32. The molecule has 7 heteroatoms. The van der Waals surface area contributed by atoms with Gasteiger partial charge in [0.1, 0.15) is 0 Å². The largest absolute Gasteiger partial charge is 0.346 e. The number of rotatable bonds is 5. The molecule has 1 saturated heterocycles. The molecule has 0 bridgehead atoms. The Labute approximate surface area is 160 Å². The van der Waals surface area contributed by atoms with Gasteiger partial charge in [-0.3, -0.25) is 9.58 Å². The Morgan fingerprint density at radius 1 is 1.00 bits per heavy atom. The van der Waals surface area contributed by atoms with Gasteiger partial charge in [-0.05, 0) is 21.5 Å². The Kier molecular flexibility index (Phi) is 5.14. The average molecular weight is 418 g/mol. The van der Waals surface area contributed by atoms with Crippen LogP contribution < -0.4 is 4.90 Å².